The first-order chi connectivity index (χ1) is 14.1. The number of nitrogens with zero attached hydrogens (tertiary/aromatic N) is 4. The van der Waals surface area contributed by atoms with Crippen LogP contribution in [0.15, 0.2) is 30.3 Å². The van der Waals surface area contributed by atoms with Gasteiger partial charge in [-0.2, -0.15) is 0 Å². The fraction of sp³-hybridized carbons (Fsp3) is 0.550. The predicted octanol–water partition coefficient (Wildman–Crippen LogP) is 0.238. The van der Waals surface area contributed by atoms with Crippen molar-refractivity contribution < 1.29 is 14.7 Å². The van der Waals surface area contributed by atoms with Gasteiger partial charge >= 0.3 is 0 Å². The molecule has 1 heterocycles. The molecule has 0 aliphatic carbocycles. The van der Waals surface area contributed by atoms with Crippen LogP contribution < -0.4 is 16.4 Å². The van der Waals surface area contributed by atoms with Crippen molar-refractivity contribution in [1.82, 2.24) is 30.8 Å². The lowest BCUT2D eigenvalue weighted by Gasteiger charge is -2.25. The molecule has 3 atom stereocenters. The molecule has 0 radical (unpaired) electrons. The van der Waals surface area contributed by atoms with Crippen LogP contribution in [0.4, 0.5) is 0 Å². The van der Waals surface area contributed by atoms with E-state index in [2.05, 4.69) is 26.2 Å². The molecule has 30 heavy (non-hydrogen) atoms. The first-order valence-electron chi connectivity index (χ1n) is 9.99. The molecular weight excluding hydrogens is 386 g/mol. The number of nitrogens with one attached hydrogen (secondary N) is 2. The summed E-state index contributed by atoms with van der Waals surface area (Å²) in [5.41, 5.74) is 6.17. The molecule has 0 saturated carbocycles. The maximum atomic E-state index is 12.6. The van der Waals surface area contributed by atoms with Gasteiger partial charge in [-0.15, -0.1) is 5.10 Å². The second kappa shape index (κ2) is 10.3. The van der Waals surface area contributed by atoms with E-state index in [9.17, 15) is 14.7 Å². The summed E-state index contributed by atoms with van der Waals surface area (Å²) in [7, 11) is 0. The Bertz CT molecular complexity index is 832. The fourth-order valence-corrected chi connectivity index (χ4v) is 2.96. The van der Waals surface area contributed by atoms with Gasteiger partial charge in [-0.05, 0) is 43.2 Å². The van der Waals surface area contributed by atoms with Crippen LogP contribution in [0, 0.1) is 0 Å². The average molecular weight is 418 g/mol. The SMILES string of the molecule is CCCC(N)C(O)C(=O)NCC(=O)NC(c1ccccc1)c1nnnn1C(C)(C)C. The normalized spacial score (nSPS) is 14.6. The molecule has 10 nitrogen and oxygen atoms in total. The number of aliphatic hydroxyl groups excluding tert-OH is 1. The predicted molar refractivity (Wildman–Crippen MR) is 111 cm³/mol. The number of rotatable bonds is 9. The van der Waals surface area contributed by atoms with Crippen LogP contribution in [0.25, 0.3) is 0 Å². The molecule has 0 fully saturated rings. The van der Waals surface area contributed by atoms with E-state index in [0.717, 1.165) is 12.0 Å². The summed E-state index contributed by atoms with van der Waals surface area (Å²) in [6.45, 7) is 7.47. The van der Waals surface area contributed by atoms with Crippen molar-refractivity contribution in [2.45, 2.75) is 64.3 Å². The third-order valence-electron chi connectivity index (χ3n) is 4.54. The Labute approximate surface area is 176 Å². The Morgan fingerprint density at radius 2 is 1.90 bits per heavy atom. The maximum Gasteiger partial charge on any atom is 0.250 e. The molecule has 3 unspecified atom stereocenters. The summed E-state index contributed by atoms with van der Waals surface area (Å²) in [5, 5.41) is 27.2. The van der Waals surface area contributed by atoms with E-state index in [1.165, 1.54) is 0 Å². The van der Waals surface area contributed by atoms with Crippen LogP contribution in [-0.4, -0.2) is 55.8 Å². The van der Waals surface area contributed by atoms with Crippen LogP contribution >= 0.6 is 0 Å². The summed E-state index contributed by atoms with van der Waals surface area (Å²) in [4.78, 5) is 24.7. The maximum absolute atomic E-state index is 12.6. The monoisotopic (exact) mass is 417 g/mol. The first-order valence-corrected chi connectivity index (χ1v) is 9.99. The largest absolute Gasteiger partial charge is 0.382 e. The minimum absolute atomic E-state index is 0.310. The van der Waals surface area contributed by atoms with E-state index in [1.54, 1.807) is 4.68 Å². The molecule has 0 saturated heterocycles. The third-order valence-corrected chi connectivity index (χ3v) is 4.54. The molecule has 1 aromatic heterocycles. The lowest BCUT2D eigenvalue weighted by Crippen LogP contribution is -2.49. The minimum atomic E-state index is -1.36. The summed E-state index contributed by atoms with van der Waals surface area (Å²) in [5.74, 6) is -0.655. The highest BCUT2D eigenvalue weighted by molar-refractivity contribution is 5.87. The highest BCUT2D eigenvalue weighted by Gasteiger charge is 2.29. The first kappa shape index (κ1) is 23.4. The van der Waals surface area contributed by atoms with Crippen LogP contribution in [0.5, 0.6) is 0 Å². The Kier molecular flexibility index (Phi) is 8.01. The molecule has 0 bridgehead atoms. The average Bonchev–Trinajstić information content (AvgIpc) is 3.20. The number of nitrogens with two attached hydrogens (primary N) is 1. The quantitative estimate of drug-likeness (QED) is 0.457. The van der Waals surface area contributed by atoms with Gasteiger partial charge < -0.3 is 21.5 Å². The zero-order valence-corrected chi connectivity index (χ0v) is 17.9. The molecule has 0 aliphatic heterocycles. The molecule has 1 aromatic carbocycles. The molecule has 5 N–H and O–H groups in total. The van der Waals surface area contributed by atoms with Crippen molar-refractivity contribution in [1.29, 1.82) is 0 Å². The van der Waals surface area contributed by atoms with E-state index in [0.29, 0.717) is 12.2 Å². The molecule has 10 heteroatoms. The topological polar surface area (TPSA) is 148 Å². The van der Waals surface area contributed by atoms with Crippen molar-refractivity contribution in [2.75, 3.05) is 6.54 Å². The number of tetrazole rings is 1. The van der Waals surface area contributed by atoms with Crippen LogP contribution in [0.1, 0.15) is 58.0 Å². The zero-order chi connectivity index (χ0) is 22.3. The zero-order valence-electron chi connectivity index (χ0n) is 17.9. The van der Waals surface area contributed by atoms with Gasteiger partial charge in [0.05, 0.1) is 12.1 Å². The number of carbonyl (C=O) groups excluding carboxylic acids is 2. The van der Waals surface area contributed by atoms with Crippen molar-refractivity contribution in [3.05, 3.63) is 41.7 Å². The smallest absolute Gasteiger partial charge is 0.250 e. The summed E-state index contributed by atoms with van der Waals surface area (Å²) in [6, 6.07) is 8.01. The number of hydrogen-bond donors (Lipinski definition) is 4. The summed E-state index contributed by atoms with van der Waals surface area (Å²) in [6.07, 6.45) is -0.115. The Hall–Kier alpha value is -2.85. The van der Waals surface area contributed by atoms with Gasteiger partial charge in [0.25, 0.3) is 5.91 Å². The standard InChI is InChI=1S/C20H31N7O3/c1-5-9-14(21)17(29)19(30)22-12-15(28)23-16(13-10-7-6-8-11-13)18-24-25-26-27(18)20(2,3)4/h6-8,10-11,14,16-17,29H,5,9,12,21H2,1-4H3,(H,22,30)(H,23,28). The van der Waals surface area contributed by atoms with E-state index < -0.39 is 35.5 Å². The Morgan fingerprint density at radius 1 is 1.23 bits per heavy atom. The van der Waals surface area contributed by atoms with Crippen molar-refractivity contribution >= 4 is 11.8 Å². The van der Waals surface area contributed by atoms with Gasteiger partial charge in [-0.3, -0.25) is 9.59 Å². The fourth-order valence-electron chi connectivity index (χ4n) is 2.96. The molecule has 2 aromatic rings. The number of hydrogen-bond acceptors (Lipinski definition) is 7. The molecule has 0 spiro atoms. The van der Waals surface area contributed by atoms with Gasteiger partial charge in [0.15, 0.2) is 5.82 Å². The molecule has 2 amide bonds. The summed E-state index contributed by atoms with van der Waals surface area (Å²) < 4.78 is 1.65. The minimum Gasteiger partial charge on any atom is -0.382 e. The Morgan fingerprint density at radius 3 is 2.50 bits per heavy atom. The van der Waals surface area contributed by atoms with E-state index >= 15 is 0 Å². The second-order valence-corrected chi connectivity index (χ2v) is 8.15. The number of aromatic nitrogens is 4. The van der Waals surface area contributed by atoms with Crippen LogP contribution in [0.2, 0.25) is 0 Å². The summed E-state index contributed by atoms with van der Waals surface area (Å²) >= 11 is 0. The number of aliphatic hydroxyl groups is 1. The molecular formula is C20H31N7O3. The molecule has 164 valence electrons. The van der Waals surface area contributed by atoms with Gasteiger partial charge in [0.2, 0.25) is 5.91 Å². The molecule has 2 rings (SSSR count). The van der Waals surface area contributed by atoms with Crippen LogP contribution in [0.3, 0.4) is 0 Å². The van der Waals surface area contributed by atoms with E-state index in [1.807, 2.05) is 58.0 Å². The lowest BCUT2D eigenvalue weighted by atomic mass is 10.0. The van der Waals surface area contributed by atoms with Gasteiger partial charge in [0, 0.05) is 6.04 Å². The van der Waals surface area contributed by atoms with Gasteiger partial charge in [0.1, 0.15) is 12.1 Å². The van der Waals surface area contributed by atoms with E-state index in [4.69, 9.17) is 5.73 Å². The number of benzene rings is 1. The number of carbonyl (C=O) groups is 2. The van der Waals surface area contributed by atoms with Crippen molar-refractivity contribution in [3.8, 4) is 0 Å². The highest BCUT2D eigenvalue weighted by atomic mass is 16.3. The lowest BCUT2D eigenvalue weighted by molar-refractivity contribution is -0.132. The van der Waals surface area contributed by atoms with Gasteiger partial charge in [-0.1, -0.05) is 43.7 Å². The Balaban J connectivity index is 2.13. The molecule has 0 aliphatic rings. The highest BCUT2D eigenvalue weighted by Crippen LogP contribution is 2.23. The second-order valence-electron chi connectivity index (χ2n) is 8.15. The van der Waals surface area contributed by atoms with Crippen molar-refractivity contribution in [2.24, 2.45) is 5.73 Å². The van der Waals surface area contributed by atoms with Gasteiger partial charge in [-0.25, -0.2) is 4.68 Å². The van der Waals surface area contributed by atoms with Crippen LogP contribution in [-0.2, 0) is 15.1 Å². The van der Waals surface area contributed by atoms with Crippen molar-refractivity contribution in [3.63, 3.8) is 0 Å². The van der Waals surface area contributed by atoms with E-state index in [-0.39, 0.29) is 6.54 Å². The third kappa shape index (κ3) is 6.07. The number of amides is 2.